The average molecular weight is 248 g/mol. The highest BCUT2D eigenvalue weighted by atomic mass is 15.0. The summed E-state index contributed by atoms with van der Waals surface area (Å²) in [7, 11) is 0. The number of hydrogen-bond donors (Lipinski definition) is 1. The molecule has 1 aromatic rings. The van der Waals surface area contributed by atoms with Crippen LogP contribution in [-0.4, -0.2) is 4.57 Å². The lowest BCUT2D eigenvalue weighted by atomic mass is 9.74. The topological polar surface area (TPSA) is 30.9 Å². The minimum absolute atomic E-state index is 0.222. The molecule has 2 nitrogen and oxygen atoms in total. The van der Waals surface area contributed by atoms with E-state index >= 15 is 0 Å². The summed E-state index contributed by atoms with van der Waals surface area (Å²) in [5.74, 6) is 1.44. The largest absolute Gasteiger partial charge is 0.351 e. The third-order valence-electron chi connectivity index (χ3n) is 4.55. The van der Waals surface area contributed by atoms with E-state index in [0.717, 1.165) is 25.3 Å². The molecule has 1 aromatic heterocycles. The van der Waals surface area contributed by atoms with Crippen LogP contribution >= 0.6 is 0 Å². The number of aromatic nitrogens is 1. The highest BCUT2D eigenvalue weighted by Crippen LogP contribution is 2.40. The van der Waals surface area contributed by atoms with Gasteiger partial charge in [0.15, 0.2) is 0 Å². The Balaban J connectivity index is 2.25. The number of rotatable bonds is 3. The van der Waals surface area contributed by atoms with Gasteiger partial charge < -0.3 is 10.3 Å². The van der Waals surface area contributed by atoms with Gasteiger partial charge in [-0.25, -0.2) is 0 Å². The summed E-state index contributed by atoms with van der Waals surface area (Å²) in [6, 6.07) is 2.46. The lowest BCUT2D eigenvalue weighted by Crippen LogP contribution is -2.31. The van der Waals surface area contributed by atoms with Crippen molar-refractivity contribution in [3.63, 3.8) is 0 Å². The fourth-order valence-corrected chi connectivity index (χ4v) is 2.99. The van der Waals surface area contributed by atoms with Crippen LogP contribution in [0.3, 0.4) is 0 Å². The summed E-state index contributed by atoms with van der Waals surface area (Å²) in [6.45, 7) is 12.7. The zero-order chi connectivity index (χ0) is 13.5. The summed E-state index contributed by atoms with van der Waals surface area (Å²) in [5, 5.41) is 0. The maximum absolute atomic E-state index is 6.31. The maximum atomic E-state index is 6.31. The molecule has 18 heavy (non-hydrogen) atoms. The molecule has 0 saturated heterocycles. The molecule has 0 bridgehead atoms. The molecular weight excluding hydrogens is 220 g/mol. The van der Waals surface area contributed by atoms with E-state index in [1.54, 1.807) is 0 Å². The van der Waals surface area contributed by atoms with Crippen LogP contribution in [0, 0.1) is 17.3 Å². The Morgan fingerprint density at radius 2 is 2.06 bits per heavy atom. The van der Waals surface area contributed by atoms with Crippen molar-refractivity contribution in [2.75, 3.05) is 0 Å². The molecule has 2 unspecified atom stereocenters. The normalized spacial score (nSPS) is 24.1. The van der Waals surface area contributed by atoms with Crippen LogP contribution in [0.1, 0.15) is 58.3 Å². The van der Waals surface area contributed by atoms with Crippen molar-refractivity contribution in [1.29, 1.82) is 0 Å². The van der Waals surface area contributed by atoms with E-state index in [-0.39, 0.29) is 6.04 Å². The Morgan fingerprint density at radius 1 is 1.39 bits per heavy atom. The Hall–Kier alpha value is -0.760. The molecule has 0 aromatic carbocycles. The Labute approximate surface area is 112 Å². The monoisotopic (exact) mass is 248 g/mol. The SMILES string of the molecule is CC(C)C(C)Cn1ccc2c1CC(C)(C)CC2N. The van der Waals surface area contributed by atoms with E-state index in [0.29, 0.717) is 11.3 Å². The fourth-order valence-electron chi connectivity index (χ4n) is 2.99. The van der Waals surface area contributed by atoms with Crippen LogP contribution in [0.25, 0.3) is 0 Å². The van der Waals surface area contributed by atoms with Crippen molar-refractivity contribution < 1.29 is 0 Å². The van der Waals surface area contributed by atoms with Crippen LogP contribution in [0.4, 0.5) is 0 Å². The highest BCUT2D eigenvalue weighted by molar-refractivity contribution is 5.30. The molecule has 0 aliphatic heterocycles. The molecule has 2 heteroatoms. The molecule has 1 aliphatic carbocycles. The van der Waals surface area contributed by atoms with Crippen molar-refractivity contribution in [3.05, 3.63) is 23.5 Å². The first kappa shape index (κ1) is 13.7. The molecule has 102 valence electrons. The molecule has 0 spiro atoms. The quantitative estimate of drug-likeness (QED) is 0.867. The van der Waals surface area contributed by atoms with E-state index < -0.39 is 0 Å². The summed E-state index contributed by atoms with van der Waals surface area (Å²) in [5.41, 5.74) is 9.51. The zero-order valence-corrected chi connectivity index (χ0v) is 12.5. The second-order valence-corrected chi connectivity index (χ2v) is 7.24. The van der Waals surface area contributed by atoms with Crippen molar-refractivity contribution in [3.8, 4) is 0 Å². The Kier molecular flexibility index (Phi) is 3.59. The van der Waals surface area contributed by atoms with Crippen molar-refractivity contribution in [1.82, 2.24) is 4.57 Å². The third kappa shape index (κ3) is 2.64. The minimum Gasteiger partial charge on any atom is -0.351 e. The van der Waals surface area contributed by atoms with Gasteiger partial charge in [-0.3, -0.25) is 0 Å². The molecule has 2 rings (SSSR count). The van der Waals surface area contributed by atoms with Crippen molar-refractivity contribution in [2.24, 2.45) is 23.0 Å². The van der Waals surface area contributed by atoms with E-state index in [4.69, 9.17) is 5.73 Å². The smallest absolute Gasteiger partial charge is 0.0318 e. The fraction of sp³-hybridized carbons (Fsp3) is 0.750. The minimum atomic E-state index is 0.222. The Morgan fingerprint density at radius 3 is 2.67 bits per heavy atom. The van der Waals surface area contributed by atoms with Crippen LogP contribution < -0.4 is 5.73 Å². The average Bonchev–Trinajstić information content (AvgIpc) is 2.59. The van der Waals surface area contributed by atoms with Crippen molar-refractivity contribution in [2.45, 2.75) is 60.0 Å². The molecule has 0 radical (unpaired) electrons. The lowest BCUT2D eigenvalue weighted by Gasteiger charge is -2.35. The van der Waals surface area contributed by atoms with E-state index in [9.17, 15) is 0 Å². The molecule has 1 aliphatic rings. The molecule has 0 amide bonds. The highest BCUT2D eigenvalue weighted by Gasteiger charge is 2.32. The molecule has 1 heterocycles. The second-order valence-electron chi connectivity index (χ2n) is 7.24. The summed E-state index contributed by atoms with van der Waals surface area (Å²) in [6.07, 6.45) is 4.50. The lowest BCUT2D eigenvalue weighted by molar-refractivity contribution is 0.269. The number of nitrogens with zero attached hydrogens (tertiary/aromatic N) is 1. The standard InChI is InChI=1S/C16H28N2/c1-11(2)12(3)10-18-7-6-13-14(17)8-16(4,5)9-15(13)18/h6-7,11-12,14H,8-10,17H2,1-5H3. The van der Waals surface area contributed by atoms with Gasteiger partial charge in [-0.1, -0.05) is 34.6 Å². The van der Waals surface area contributed by atoms with Gasteiger partial charge in [0.05, 0.1) is 0 Å². The molecular formula is C16H28N2. The third-order valence-corrected chi connectivity index (χ3v) is 4.55. The van der Waals surface area contributed by atoms with Gasteiger partial charge in [0.25, 0.3) is 0 Å². The first-order chi connectivity index (χ1) is 8.30. The Bertz CT molecular complexity index is 415. The summed E-state index contributed by atoms with van der Waals surface area (Å²) < 4.78 is 2.45. The van der Waals surface area contributed by atoms with Crippen LogP contribution in [0.2, 0.25) is 0 Å². The van der Waals surface area contributed by atoms with Crippen LogP contribution in [-0.2, 0) is 13.0 Å². The maximum Gasteiger partial charge on any atom is 0.0318 e. The number of nitrogens with two attached hydrogens (primary N) is 1. The first-order valence-electron chi connectivity index (χ1n) is 7.23. The van der Waals surface area contributed by atoms with Gasteiger partial charge in [0, 0.05) is 24.5 Å². The predicted octanol–water partition coefficient (Wildman–Crippen LogP) is 3.75. The number of fused-ring (bicyclic) bond motifs is 1. The van der Waals surface area contributed by atoms with Gasteiger partial charge in [0.1, 0.15) is 0 Å². The van der Waals surface area contributed by atoms with E-state index in [2.05, 4.69) is 51.4 Å². The van der Waals surface area contributed by atoms with Crippen molar-refractivity contribution >= 4 is 0 Å². The van der Waals surface area contributed by atoms with Gasteiger partial charge in [-0.15, -0.1) is 0 Å². The second kappa shape index (κ2) is 4.73. The predicted molar refractivity (Wildman–Crippen MR) is 77.5 cm³/mol. The zero-order valence-electron chi connectivity index (χ0n) is 12.5. The number of hydrogen-bond acceptors (Lipinski definition) is 1. The van der Waals surface area contributed by atoms with Gasteiger partial charge in [-0.05, 0) is 41.7 Å². The van der Waals surface area contributed by atoms with Gasteiger partial charge in [-0.2, -0.15) is 0 Å². The summed E-state index contributed by atoms with van der Waals surface area (Å²) in [4.78, 5) is 0. The van der Waals surface area contributed by atoms with E-state index in [1.807, 2.05) is 0 Å². The molecule has 2 N–H and O–H groups in total. The molecule has 2 atom stereocenters. The van der Waals surface area contributed by atoms with Crippen LogP contribution in [0.5, 0.6) is 0 Å². The molecule has 0 fully saturated rings. The first-order valence-corrected chi connectivity index (χ1v) is 7.23. The molecule has 0 saturated carbocycles. The van der Waals surface area contributed by atoms with Gasteiger partial charge >= 0.3 is 0 Å². The van der Waals surface area contributed by atoms with Gasteiger partial charge in [0.2, 0.25) is 0 Å². The van der Waals surface area contributed by atoms with E-state index in [1.165, 1.54) is 11.3 Å². The van der Waals surface area contributed by atoms with Crippen LogP contribution in [0.15, 0.2) is 12.3 Å². The summed E-state index contributed by atoms with van der Waals surface area (Å²) >= 11 is 0.